The van der Waals surface area contributed by atoms with Gasteiger partial charge >= 0.3 is 0 Å². The van der Waals surface area contributed by atoms with E-state index in [-0.39, 0.29) is 11.8 Å². The van der Waals surface area contributed by atoms with Crippen LogP contribution in [0.3, 0.4) is 0 Å². The summed E-state index contributed by atoms with van der Waals surface area (Å²) in [5, 5.41) is 3.08. The van der Waals surface area contributed by atoms with Gasteiger partial charge in [-0.05, 0) is 44.4 Å². The van der Waals surface area contributed by atoms with Gasteiger partial charge in [0, 0.05) is 6.54 Å². The second-order valence-electron chi connectivity index (χ2n) is 7.09. The first kappa shape index (κ1) is 16.3. The van der Waals surface area contributed by atoms with E-state index in [9.17, 15) is 9.59 Å². The predicted molar refractivity (Wildman–Crippen MR) is 83.8 cm³/mol. The van der Waals surface area contributed by atoms with E-state index in [0.717, 1.165) is 19.3 Å². The number of hydrogen-bond donors (Lipinski definition) is 1. The summed E-state index contributed by atoms with van der Waals surface area (Å²) in [7, 11) is 0. The van der Waals surface area contributed by atoms with E-state index in [1.807, 2.05) is 25.7 Å². The molecule has 2 atom stereocenters. The number of amides is 2. The predicted octanol–water partition coefficient (Wildman–Crippen LogP) is 2.72. The van der Waals surface area contributed by atoms with E-state index in [0.29, 0.717) is 31.2 Å². The Balaban J connectivity index is 2.39. The summed E-state index contributed by atoms with van der Waals surface area (Å²) in [6.45, 7) is 10.9. The average Bonchev–Trinajstić information content (AvgIpc) is 3.32. The molecule has 2 rings (SSSR count). The van der Waals surface area contributed by atoms with E-state index in [2.05, 4.69) is 19.2 Å². The molecule has 0 aromatic rings. The van der Waals surface area contributed by atoms with Crippen LogP contribution < -0.4 is 5.32 Å². The first-order valence-corrected chi connectivity index (χ1v) is 8.50. The first-order valence-electron chi connectivity index (χ1n) is 8.50. The van der Waals surface area contributed by atoms with Crippen LogP contribution in [0.15, 0.2) is 0 Å². The molecular formula is C17H30N2O2. The van der Waals surface area contributed by atoms with Gasteiger partial charge in [0.15, 0.2) is 0 Å². The topological polar surface area (TPSA) is 49.4 Å². The van der Waals surface area contributed by atoms with Crippen molar-refractivity contribution in [1.82, 2.24) is 10.2 Å². The van der Waals surface area contributed by atoms with Crippen molar-refractivity contribution in [2.24, 2.45) is 11.8 Å². The van der Waals surface area contributed by atoms with Crippen molar-refractivity contribution in [2.45, 2.75) is 77.8 Å². The molecule has 2 fully saturated rings. The van der Waals surface area contributed by atoms with Crippen LogP contribution in [0.5, 0.6) is 0 Å². The number of piperazine rings is 1. The van der Waals surface area contributed by atoms with E-state index in [4.69, 9.17) is 0 Å². The van der Waals surface area contributed by atoms with Gasteiger partial charge in [-0.25, -0.2) is 0 Å². The summed E-state index contributed by atoms with van der Waals surface area (Å²) < 4.78 is 0. The quantitative estimate of drug-likeness (QED) is 0.819. The van der Waals surface area contributed by atoms with Crippen LogP contribution in [-0.2, 0) is 9.59 Å². The molecule has 2 aliphatic rings. The molecule has 21 heavy (non-hydrogen) atoms. The van der Waals surface area contributed by atoms with Crippen molar-refractivity contribution in [1.29, 1.82) is 0 Å². The molecule has 120 valence electrons. The van der Waals surface area contributed by atoms with Crippen molar-refractivity contribution >= 4 is 11.8 Å². The van der Waals surface area contributed by atoms with Gasteiger partial charge in [-0.15, -0.1) is 0 Å². The Morgan fingerprint density at radius 1 is 1.24 bits per heavy atom. The molecule has 0 radical (unpaired) electrons. The fourth-order valence-corrected chi connectivity index (χ4v) is 3.48. The number of rotatable bonds is 6. The SMILES string of the molecule is CCC(C)CN1C(=O)C(CC)(CC)NC(=O)C1(C)C1CC1. The van der Waals surface area contributed by atoms with Gasteiger partial charge in [-0.2, -0.15) is 0 Å². The summed E-state index contributed by atoms with van der Waals surface area (Å²) in [5.41, 5.74) is -1.34. The summed E-state index contributed by atoms with van der Waals surface area (Å²) in [6, 6.07) is 0. The smallest absolute Gasteiger partial charge is 0.249 e. The number of nitrogens with zero attached hydrogens (tertiary/aromatic N) is 1. The van der Waals surface area contributed by atoms with Crippen LogP contribution >= 0.6 is 0 Å². The van der Waals surface area contributed by atoms with Gasteiger partial charge < -0.3 is 10.2 Å². The summed E-state index contributed by atoms with van der Waals surface area (Å²) >= 11 is 0. The lowest BCUT2D eigenvalue weighted by atomic mass is 9.80. The lowest BCUT2D eigenvalue weighted by molar-refractivity contribution is -0.165. The third-order valence-corrected chi connectivity index (χ3v) is 5.80. The maximum Gasteiger partial charge on any atom is 0.249 e. The molecular weight excluding hydrogens is 264 g/mol. The molecule has 1 aliphatic carbocycles. The molecule has 1 N–H and O–H groups in total. The molecule has 1 aliphatic heterocycles. The second kappa shape index (κ2) is 5.62. The van der Waals surface area contributed by atoms with Crippen molar-refractivity contribution in [2.75, 3.05) is 6.54 Å². The monoisotopic (exact) mass is 294 g/mol. The molecule has 0 bridgehead atoms. The highest BCUT2D eigenvalue weighted by atomic mass is 16.2. The third kappa shape index (κ3) is 2.47. The standard InChI is InChI=1S/C17H30N2O2/c1-6-12(4)11-19-15(21)17(7-2,8-3)18-14(20)16(19,5)13-9-10-13/h12-13H,6-11H2,1-5H3,(H,18,20). The van der Waals surface area contributed by atoms with Gasteiger partial charge in [0.25, 0.3) is 0 Å². The Labute approximate surface area is 128 Å². The Hall–Kier alpha value is -1.06. The Morgan fingerprint density at radius 2 is 1.81 bits per heavy atom. The number of carbonyl (C=O) groups is 2. The third-order valence-electron chi connectivity index (χ3n) is 5.80. The van der Waals surface area contributed by atoms with Crippen LogP contribution in [0, 0.1) is 11.8 Å². The number of nitrogens with one attached hydrogen (secondary N) is 1. The maximum atomic E-state index is 13.2. The number of carbonyl (C=O) groups excluding carboxylic acids is 2. The minimum absolute atomic E-state index is 0.0524. The lowest BCUT2D eigenvalue weighted by Gasteiger charge is -2.52. The minimum Gasteiger partial charge on any atom is -0.340 e. The summed E-state index contributed by atoms with van der Waals surface area (Å²) in [6.07, 6.45) is 4.45. The highest BCUT2D eigenvalue weighted by Gasteiger charge is 2.60. The molecule has 1 saturated heterocycles. The first-order chi connectivity index (χ1) is 9.85. The molecule has 0 spiro atoms. The van der Waals surface area contributed by atoms with Gasteiger partial charge in [-0.1, -0.05) is 34.1 Å². The zero-order chi connectivity index (χ0) is 15.8. The minimum atomic E-state index is -0.695. The van der Waals surface area contributed by atoms with Gasteiger partial charge in [0.2, 0.25) is 11.8 Å². The van der Waals surface area contributed by atoms with Crippen molar-refractivity contribution in [3.63, 3.8) is 0 Å². The number of hydrogen-bond acceptors (Lipinski definition) is 2. The van der Waals surface area contributed by atoms with Crippen LogP contribution in [0.1, 0.15) is 66.7 Å². The average molecular weight is 294 g/mol. The largest absolute Gasteiger partial charge is 0.340 e. The van der Waals surface area contributed by atoms with Crippen LogP contribution in [0.2, 0.25) is 0 Å². The zero-order valence-electron chi connectivity index (χ0n) is 14.2. The van der Waals surface area contributed by atoms with Crippen LogP contribution in [-0.4, -0.2) is 34.3 Å². The van der Waals surface area contributed by atoms with Crippen LogP contribution in [0.25, 0.3) is 0 Å². The molecule has 0 aromatic carbocycles. The van der Waals surface area contributed by atoms with Gasteiger partial charge in [-0.3, -0.25) is 9.59 Å². The van der Waals surface area contributed by atoms with E-state index in [1.54, 1.807) is 0 Å². The van der Waals surface area contributed by atoms with Crippen molar-refractivity contribution < 1.29 is 9.59 Å². The van der Waals surface area contributed by atoms with E-state index >= 15 is 0 Å². The Kier molecular flexibility index (Phi) is 4.36. The van der Waals surface area contributed by atoms with Gasteiger partial charge in [0.05, 0.1) is 0 Å². The molecule has 4 heteroatoms. The highest BCUT2D eigenvalue weighted by Crippen LogP contribution is 2.46. The summed E-state index contributed by atoms with van der Waals surface area (Å²) in [4.78, 5) is 27.9. The van der Waals surface area contributed by atoms with Crippen LogP contribution in [0.4, 0.5) is 0 Å². The van der Waals surface area contributed by atoms with Gasteiger partial charge in [0.1, 0.15) is 11.1 Å². The van der Waals surface area contributed by atoms with E-state index < -0.39 is 11.1 Å². The maximum absolute atomic E-state index is 13.2. The molecule has 2 unspecified atom stereocenters. The van der Waals surface area contributed by atoms with E-state index in [1.165, 1.54) is 0 Å². The molecule has 1 saturated carbocycles. The normalized spacial score (nSPS) is 30.2. The fraction of sp³-hybridized carbons (Fsp3) is 0.882. The molecule has 1 heterocycles. The van der Waals surface area contributed by atoms with Crippen molar-refractivity contribution in [3.05, 3.63) is 0 Å². The molecule has 0 aromatic heterocycles. The zero-order valence-corrected chi connectivity index (χ0v) is 14.2. The van der Waals surface area contributed by atoms with Crippen molar-refractivity contribution in [3.8, 4) is 0 Å². The molecule has 4 nitrogen and oxygen atoms in total. The second-order valence-corrected chi connectivity index (χ2v) is 7.09. The molecule has 2 amide bonds. The Morgan fingerprint density at radius 3 is 2.24 bits per heavy atom. The summed E-state index contributed by atoms with van der Waals surface area (Å²) in [5.74, 6) is 0.931. The highest BCUT2D eigenvalue weighted by molar-refractivity contribution is 6.02. The fourth-order valence-electron chi connectivity index (χ4n) is 3.48. The lowest BCUT2D eigenvalue weighted by Crippen LogP contribution is -2.75. The Bertz CT molecular complexity index is 427.